The van der Waals surface area contributed by atoms with E-state index in [-0.39, 0.29) is 11.4 Å². The van der Waals surface area contributed by atoms with Crippen LogP contribution in [0.4, 0.5) is 4.39 Å². The molecule has 0 saturated carbocycles. The number of rotatable bonds is 3. The van der Waals surface area contributed by atoms with Gasteiger partial charge in [-0.15, -0.1) is 0 Å². The van der Waals surface area contributed by atoms with Crippen LogP contribution >= 0.6 is 0 Å². The summed E-state index contributed by atoms with van der Waals surface area (Å²) in [5.41, 5.74) is 6.75. The highest BCUT2D eigenvalue weighted by Crippen LogP contribution is 2.22. The normalized spacial score (nSPS) is 10.8. The Bertz CT molecular complexity index is 586. The van der Waals surface area contributed by atoms with E-state index in [0.29, 0.717) is 29.8 Å². The second kappa shape index (κ2) is 4.55. The minimum absolute atomic E-state index is 0.159. The standard InChI is InChI=1S/C12H14FN3O/c1-16-12(17)9(6-7-14)11(15-16)8-4-2-3-5-10(8)13/h2-5,15H,6-7,14H2,1H3. The minimum atomic E-state index is -0.354. The molecule has 0 saturated heterocycles. The van der Waals surface area contributed by atoms with Crippen molar-refractivity contribution < 1.29 is 4.39 Å². The van der Waals surface area contributed by atoms with E-state index >= 15 is 0 Å². The Morgan fingerprint density at radius 2 is 2.12 bits per heavy atom. The summed E-state index contributed by atoms with van der Waals surface area (Å²) in [6.07, 6.45) is 0.430. The quantitative estimate of drug-likeness (QED) is 0.834. The maximum absolute atomic E-state index is 13.7. The van der Waals surface area contributed by atoms with Crippen molar-refractivity contribution in [2.75, 3.05) is 6.54 Å². The van der Waals surface area contributed by atoms with E-state index < -0.39 is 0 Å². The summed E-state index contributed by atoms with van der Waals surface area (Å²) in [4.78, 5) is 11.8. The molecule has 1 aromatic heterocycles. The molecule has 2 aromatic rings. The van der Waals surface area contributed by atoms with Crippen LogP contribution in [0.15, 0.2) is 29.1 Å². The van der Waals surface area contributed by atoms with Gasteiger partial charge in [-0.1, -0.05) is 12.1 Å². The summed E-state index contributed by atoms with van der Waals surface area (Å²) in [5.74, 6) is -0.354. The predicted octanol–water partition coefficient (Wildman–Crippen LogP) is 1.02. The molecule has 0 amide bonds. The van der Waals surface area contributed by atoms with Gasteiger partial charge in [-0.3, -0.25) is 14.6 Å². The lowest BCUT2D eigenvalue weighted by Gasteiger charge is -2.02. The molecule has 0 aliphatic heterocycles. The molecule has 90 valence electrons. The molecule has 1 aromatic carbocycles. The number of halogens is 1. The first-order valence-electron chi connectivity index (χ1n) is 5.38. The minimum Gasteiger partial charge on any atom is -0.330 e. The van der Waals surface area contributed by atoms with Crippen molar-refractivity contribution in [2.45, 2.75) is 6.42 Å². The largest absolute Gasteiger partial charge is 0.330 e. The van der Waals surface area contributed by atoms with Crippen molar-refractivity contribution >= 4 is 0 Å². The summed E-state index contributed by atoms with van der Waals surface area (Å²) in [7, 11) is 1.60. The van der Waals surface area contributed by atoms with Gasteiger partial charge >= 0.3 is 0 Å². The van der Waals surface area contributed by atoms with Crippen LogP contribution < -0.4 is 11.3 Å². The van der Waals surface area contributed by atoms with Crippen molar-refractivity contribution in [3.63, 3.8) is 0 Å². The number of nitrogens with one attached hydrogen (secondary N) is 1. The monoisotopic (exact) mass is 235 g/mol. The molecule has 0 aliphatic rings. The van der Waals surface area contributed by atoms with Crippen LogP contribution in [0.3, 0.4) is 0 Å². The van der Waals surface area contributed by atoms with Gasteiger partial charge in [-0.05, 0) is 25.1 Å². The van der Waals surface area contributed by atoms with Crippen molar-refractivity contribution in [1.29, 1.82) is 0 Å². The fraction of sp³-hybridized carbons (Fsp3) is 0.250. The maximum Gasteiger partial charge on any atom is 0.270 e. The Hall–Kier alpha value is -1.88. The number of hydrogen-bond donors (Lipinski definition) is 2. The lowest BCUT2D eigenvalue weighted by Crippen LogP contribution is -2.17. The van der Waals surface area contributed by atoms with E-state index in [1.54, 1.807) is 25.2 Å². The number of hydrogen-bond acceptors (Lipinski definition) is 2. The van der Waals surface area contributed by atoms with Gasteiger partial charge in [0.1, 0.15) is 5.82 Å². The van der Waals surface area contributed by atoms with Gasteiger partial charge in [-0.25, -0.2) is 4.39 Å². The zero-order chi connectivity index (χ0) is 12.4. The summed E-state index contributed by atoms with van der Waals surface area (Å²) < 4.78 is 15.0. The fourth-order valence-electron chi connectivity index (χ4n) is 1.86. The highest BCUT2D eigenvalue weighted by molar-refractivity contribution is 5.63. The average molecular weight is 235 g/mol. The Balaban J connectivity index is 2.63. The number of aromatic amines is 1. The molecular formula is C12H14FN3O. The number of aryl methyl sites for hydroxylation is 1. The number of nitrogens with two attached hydrogens (primary N) is 1. The third kappa shape index (κ3) is 2.01. The Morgan fingerprint density at radius 1 is 1.41 bits per heavy atom. The van der Waals surface area contributed by atoms with Gasteiger partial charge in [0, 0.05) is 18.2 Å². The highest BCUT2D eigenvalue weighted by atomic mass is 19.1. The molecule has 1 heterocycles. The number of nitrogens with zero attached hydrogens (tertiary/aromatic N) is 1. The molecule has 0 radical (unpaired) electrons. The predicted molar refractivity (Wildman–Crippen MR) is 64.2 cm³/mol. The molecule has 0 atom stereocenters. The second-order valence-corrected chi connectivity index (χ2v) is 3.85. The first kappa shape index (κ1) is 11.6. The van der Waals surface area contributed by atoms with E-state index in [1.807, 2.05) is 0 Å². The molecule has 4 nitrogen and oxygen atoms in total. The van der Waals surface area contributed by atoms with Crippen molar-refractivity contribution in [1.82, 2.24) is 9.78 Å². The zero-order valence-electron chi connectivity index (χ0n) is 9.53. The van der Waals surface area contributed by atoms with E-state index in [4.69, 9.17) is 5.73 Å². The van der Waals surface area contributed by atoms with Crippen LogP contribution in [0, 0.1) is 5.82 Å². The Morgan fingerprint density at radius 3 is 2.76 bits per heavy atom. The van der Waals surface area contributed by atoms with E-state index in [2.05, 4.69) is 5.10 Å². The molecule has 3 N–H and O–H groups in total. The average Bonchev–Trinajstić information content (AvgIpc) is 2.58. The molecule has 0 unspecified atom stereocenters. The van der Waals surface area contributed by atoms with Crippen LogP contribution in [0.25, 0.3) is 11.3 Å². The molecular weight excluding hydrogens is 221 g/mol. The summed E-state index contributed by atoms with van der Waals surface area (Å²) >= 11 is 0. The highest BCUT2D eigenvalue weighted by Gasteiger charge is 2.15. The van der Waals surface area contributed by atoms with Crippen LogP contribution in [-0.4, -0.2) is 16.3 Å². The number of H-pyrrole nitrogens is 1. The topological polar surface area (TPSA) is 63.8 Å². The van der Waals surface area contributed by atoms with Gasteiger partial charge < -0.3 is 5.73 Å². The van der Waals surface area contributed by atoms with Crippen LogP contribution in [0.1, 0.15) is 5.56 Å². The van der Waals surface area contributed by atoms with Crippen LogP contribution in [-0.2, 0) is 13.5 Å². The van der Waals surface area contributed by atoms with E-state index in [1.165, 1.54) is 10.7 Å². The molecule has 2 rings (SSSR count). The van der Waals surface area contributed by atoms with Crippen molar-refractivity contribution in [3.8, 4) is 11.3 Å². The number of aromatic nitrogens is 2. The Kier molecular flexibility index (Phi) is 3.10. The van der Waals surface area contributed by atoms with Gasteiger partial charge in [0.05, 0.1) is 5.69 Å². The summed E-state index contributed by atoms with van der Waals surface area (Å²) in [6.45, 7) is 0.356. The van der Waals surface area contributed by atoms with Crippen LogP contribution in [0.2, 0.25) is 0 Å². The second-order valence-electron chi connectivity index (χ2n) is 3.85. The van der Waals surface area contributed by atoms with Gasteiger partial charge in [0.2, 0.25) is 0 Å². The van der Waals surface area contributed by atoms with Crippen LogP contribution in [0.5, 0.6) is 0 Å². The van der Waals surface area contributed by atoms with E-state index in [9.17, 15) is 9.18 Å². The molecule has 0 bridgehead atoms. The third-order valence-corrected chi connectivity index (χ3v) is 2.68. The molecule has 17 heavy (non-hydrogen) atoms. The summed E-state index contributed by atoms with van der Waals surface area (Å²) in [5, 5.41) is 2.86. The maximum atomic E-state index is 13.7. The third-order valence-electron chi connectivity index (χ3n) is 2.68. The van der Waals surface area contributed by atoms with Crippen molar-refractivity contribution in [3.05, 3.63) is 46.0 Å². The first-order chi connectivity index (χ1) is 8.15. The molecule has 0 fully saturated rings. The Labute approximate surface area is 97.9 Å². The van der Waals surface area contributed by atoms with Gasteiger partial charge in [0.15, 0.2) is 0 Å². The first-order valence-corrected chi connectivity index (χ1v) is 5.38. The zero-order valence-corrected chi connectivity index (χ0v) is 9.53. The molecule has 0 aliphatic carbocycles. The van der Waals surface area contributed by atoms with Gasteiger partial charge in [0.25, 0.3) is 5.56 Å². The fourth-order valence-corrected chi connectivity index (χ4v) is 1.86. The lowest BCUT2D eigenvalue weighted by atomic mass is 10.1. The van der Waals surface area contributed by atoms with E-state index in [0.717, 1.165) is 0 Å². The summed E-state index contributed by atoms with van der Waals surface area (Å²) in [6, 6.07) is 6.35. The number of benzene rings is 1. The van der Waals surface area contributed by atoms with Crippen molar-refractivity contribution in [2.24, 2.45) is 12.8 Å². The smallest absolute Gasteiger partial charge is 0.270 e. The van der Waals surface area contributed by atoms with Gasteiger partial charge in [-0.2, -0.15) is 0 Å². The molecule has 5 heteroatoms. The SMILES string of the molecule is Cn1[nH]c(-c2ccccc2F)c(CCN)c1=O. The molecule has 0 spiro atoms. The lowest BCUT2D eigenvalue weighted by molar-refractivity contribution is 0.629.